The van der Waals surface area contributed by atoms with Gasteiger partial charge in [0.25, 0.3) is 0 Å². The lowest BCUT2D eigenvalue weighted by Crippen LogP contribution is -2.47. The summed E-state index contributed by atoms with van der Waals surface area (Å²) in [5.41, 5.74) is 7.84. The average Bonchev–Trinajstić information content (AvgIpc) is 4.10. The number of hydrogen-bond donors (Lipinski definition) is 7. The lowest BCUT2D eigenvalue weighted by atomic mass is 9.92. The largest absolute Gasteiger partial charge is 0.490 e. The third-order valence-corrected chi connectivity index (χ3v) is 12.3. The molecule has 5 atom stereocenters. The van der Waals surface area contributed by atoms with E-state index >= 15 is 0 Å². The van der Waals surface area contributed by atoms with E-state index in [4.69, 9.17) is 31.9 Å². The summed E-state index contributed by atoms with van der Waals surface area (Å²) >= 11 is 6.63. The molecule has 54 heavy (non-hydrogen) atoms. The molecule has 296 valence electrons. The number of benzene rings is 2. The van der Waals surface area contributed by atoms with Crippen LogP contribution in [0.15, 0.2) is 65.8 Å². The molecule has 3 aromatic rings. The van der Waals surface area contributed by atoms with Crippen LogP contribution in [-0.4, -0.2) is 106 Å². The fourth-order valence-electron chi connectivity index (χ4n) is 6.50. The molecule has 2 aromatic carbocycles. The minimum absolute atomic E-state index is 0.0198. The number of aliphatic hydroxyl groups excluding tert-OH is 5. The number of halogens is 1. The van der Waals surface area contributed by atoms with Gasteiger partial charge in [0.2, 0.25) is 10.0 Å². The zero-order valence-corrected chi connectivity index (χ0v) is 32.0. The lowest BCUT2D eigenvalue weighted by Gasteiger charge is -2.33. The van der Waals surface area contributed by atoms with E-state index in [-0.39, 0.29) is 43.5 Å². The molecule has 8 N–H and O–H groups in total. The normalized spacial score (nSPS) is 18.2. The molecule has 0 spiro atoms. The van der Waals surface area contributed by atoms with Crippen LogP contribution in [0, 0.1) is 5.92 Å². The van der Waals surface area contributed by atoms with E-state index in [1.807, 2.05) is 30.3 Å². The highest BCUT2D eigenvalue weighted by molar-refractivity contribution is 7.89. The fourth-order valence-corrected chi connectivity index (χ4v) is 8.43. The van der Waals surface area contributed by atoms with Crippen LogP contribution in [0.1, 0.15) is 63.5 Å². The second-order valence-electron chi connectivity index (χ2n) is 14.4. The number of nitrogens with one attached hydrogen (secondary N) is 1. The Morgan fingerprint density at radius 1 is 1.06 bits per heavy atom. The summed E-state index contributed by atoms with van der Waals surface area (Å²) < 4.78 is 42.6. The van der Waals surface area contributed by atoms with Crippen LogP contribution in [0.3, 0.4) is 0 Å². The van der Waals surface area contributed by atoms with Gasteiger partial charge in [-0.3, -0.25) is 4.98 Å². The van der Waals surface area contributed by atoms with Crippen molar-refractivity contribution in [3.8, 4) is 16.9 Å². The number of primary amides is 1. The maximum atomic E-state index is 14.3. The van der Waals surface area contributed by atoms with Crippen LogP contribution in [0.4, 0.5) is 4.79 Å². The van der Waals surface area contributed by atoms with Gasteiger partial charge in [-0.05, 0) is 99.7 Å². The number of carbonyl (C=O) groups is 1. The summed E-state index contributed by atoms with van der Waals surface area (Å²) in [6, 6.07) is 12.9. The number of aliphatic hydroxyl groups is 5. The second-order valence-corrected chi connectivity index (χ2v) is 16.7. The van der Waals surface area contributed by atoms with Gasteiger partial charge in [-0.25, -0.2) is 13.2 Å². The maximum absolute atomic E-state index is 14.3. The Hall–Kier alpha value is -3.38. The Labute approximate surface area is 320 Å². The first-order valence-electron chi connectivity index (χ1n) is 18.2. The van der Waals surface area contributed by atoms with Crippen molar-refractivity contribution in [3.05, 3.63) is 77.1 Å². The summed E-state index contributed by atoms with van der Waals surface area (Å²) in [6.45, 7) is 2.46. The fraction of sp³-hybridized carbons (Fsp3) is 0.526. The average molecular weight is 791 g/mol. The highest BCUT2D eigenvalue weighted by atomic mass is 35.5. The maximum Gasteiger partial charge on any atom is 0.312 e. The summed E-state index contributed by atoms with van der Waals surface area (Å²) in [6.07, 6.45) is 0.208. The molecule has 1 heterocycles. The number of hydrogen-bond acceptors (Lipinski definition) is 11. The molecule has 0 radical (unpaired) electrons. The van der Waals surface area contributed by atoms with Gasteiger partial charge in [-0.1, -0.05) is 29.8 Å². The third-order valence-electron chi connectivity index (χ3n) is 9.91. The van der Waals surface area contributed by atoms with Crippen LogP contribution in [0.2, 0.25) is 5.02 Å². The number of sulfonamides is 1. The lowest BCUT2D eigenvalue weighted by molar-refractivity contribution is -0.119. The van der Waals surface area contributed by atoms with Crippen LogP contribution in [-0.2, 0) is 27.0 Å². The quantitative estimate of drug-likeness (QED) is 0.0831. The topological polar surface area (TPSA) is 225 Å². The number of ether oxygens (including phenoxy) is 2. The molecule has 0 saturated heterocycles. The number of amides is 2. The van der Waals surface area contributed by atoms with Gasteiger partial charge >= 0.3 is 6.03 Å². The predicted octanol–water partition coefficient (Wildman–Crippen LogP) is 3.05. The molecule has 2 amide bonds. The molecule has 2 saturated carbocycles. The summed E-state index contributed by atoms with van der Waals surface area (Å²) in [7, 11) is -4.19. The van der Waals surface area contributed by atoms with Crippen LogP contribution in [0.25, 0.3) is 11.1 Å². The van der Waals surface area contributed by atoms with Crippen LogP contribution < -0.4 is 15.8 Å². The number of urea groups is 1. The number of pyridine rings is 1. The van der Waals surface area contributed by atoms with E-state index in [2.05, 4.69) is 10.3 Å². The molecule has 14 nitrogen and oxygen atoms in total. The number of carbonyl (C=O) groups excluding carboxylic acids is 1. The molecule has 5 rings (SSSR count). The van der Waals surface area contributed by atoms with Gasteiger partial charge < -0.3 is 46.1 Å². The van der Waals surface area contributed by atoms with Crippen LogP contribution >= 0.6 is 11.6 Å². The summed E-state index contributed by atoms with van der Waals surface area (Å²) in [5, 5.41) is 53.1. The molecule has 2 fully saturated rings. The first-order valence-corrected chi connectivity index (χ1v) is 20.0. The smallest absolute Gasteiger partial charge is 0.312 e. The minimum Gasteiger partial charge on any atom is -0.490 e. The van der Waals surface area contributed by atoms with Crippen molar-refractivity contribution in [3.63, 3.8) is 0 Å². The molecule has 1 aromatic heterocycles. The highest BCUT2D eigenvalue weighted by Gasteiger charge is 2.48. The van der Waals surface area contributed by atoms with Crippen molar-refractivity contribution >= 4 is 27.7 Å². The van der Waals surface area contributed by atoms with Gasteiger partial charge in [-0.2, -0.15) is 4.31 Å². The zero-order valence-electron chi connectivity index (χ0n) is 30.4. The van der Waals surface area contributed by atoms with E-state index < -0.39 is 64.6 Å². The number of nitrogens with two attached hydrogens (primary N) is 1. The van der Waals surface area contributed by atoms with Gasteiger partial charge in [-0.15, -0.1) is 0 Å². The molecular formula is C38H51ClN4O10S. The Balaban J connectivity index is 1.35. The standard InChI is InChI=1S/C38H51ClN4O10S/c1-23(2)43(20-24(11-16-42-37(40)49)17-32(45)35(47)36(48)33(46)21-44)54(50,51)27-9-10-31(39)25(18-27)22-52-38(13-14-38)30-19-41-15-12-28(30)29-5-3-4-6-34(29)53-26-7-8-26/h3-6,9-10,12,15,18-19,23-24,26,32-33,35-36,44-48H,7-8,11,13-14,16-17,20-22H2,1-2H3,(H3,40,42,49)/t24?,32-,33+,35+,36+/m0/s1. The van der Waals surface area contributed by atoms with Gasteiger partial charge in [0, 0.05) is 47.7 Å². The first kappa shape index (κ1) is 41.8. The number of rotatable bonds is 21. The van der Waals surface area contributed by atoms with E-state index in [1.54, 1.807) is 26.2 Å². The first-order chi connectivity index (χ1) is 25.7. The highest BCUT2D eigenvalue weighted by Crippen LogP contribution is 2.53. The van der Waals surface area contributed by atoms with Crippen molar-refractivity contribution in [1.82, 2.24) is 14.6 Å². The molecule has 2 aliphatic rings. The molecule has 2 aliphatic carbocycles. The molecule has 16 heteroatoms. The van der Waals surface area contributed by atoms with E-state index in [1.165, 1.54) is 22.5 Å². The van der Waals surface area contributed by atoms with E-state index in [0.29, 0.717) is 10.6 Å². The number of nitrogens with zero attached hydrogens (tertiary/aromatic N) is 2. The zero-order chi connectivity index (χ0) is 39.2. The Bertz CT molecular complexity index is 1840. The summed E-state index contributed by atoms with van der Waals surface area (Å²) in [4.78, 5) is 15.8. The Kier molecular flexibility index (Phi) is 14.0. The predicted molar refractivity (Wildman–Crippen MR) is 201 cm³/mol. The van der Waals surface area contributed by atoms with Crippen molar-refractivity contribution in [2.75, 3.05) is 19.7 Å². The molecule has 1 unspecified atom stereocenters. The Morgan fingerprint density at radius 3 is 2.41 bits per heavy atom. The third kappa shape index (κ3) is 10.3. The van der Waals surface area contributed by atoms with Gasteiger partial charge in [0.05, 0.1) is 35.9 Å². The van der Waals surface area contributed by atoms with Gasteiger partial charge in [0.15, 0.2) is 0 Å². The molecular weight excluding hydrogens is 740 g/mol. The van der Waals surface area contributed by atoms with Crippen LogP contribution in [0.5, 0.6) is 5.75 Å². The van der Waals surface area contributed by atoms with Gasteiger partial charge in [0.1, 0.15) is 24.1 Å². The molecule has 0 aliphatic heterocycles. The number of para-hydroxylation sites is 1. The van der Waals surface area contributed by atoms with Crippen molar-refractivity contribution in [2.24, 2.45) is 11.7 Å². The monoisotopic (exact) mass is 790 g/mol. The Morgan fingerprint density at radius 2 is 1.76 bits per heavy atom. The van der Waals surface area contributed by atoms with E-state index in [0.717, 1.165) is 48.1 Å². The molecule has 0 bridgehead atoms. The minimum atomic E-state index is -4.19. The van der Waals surface area contributed by atoms with Crippen molar-refractivity contribution in [2.45, 2.75) is 106 Å². The second kappa shape index (κ2) is 18.0. The van der Waals surface area contributed by atoms with Crippen molar-refractivity contribution < 1.29 is 48.2 Å². The van der Waals surface area contributed by atoms with Crippen molar-refractivity contribution in [1.29, 1.82) is 0 Å². The SMILES string of the molecule is CC(C)N(CC(CCNC(N)=O)C[C@H](O)[C@@H](O)[C@H](O)[C@H](O)CO)S(=O)(=O)c1ccc(Cl)c(COC2(c3cnccc3-c3ccccc3OC3CC3)CC2)c1. The van der Waals surface area contributed by atoms with E-state index in [9.17, 15) is 33.6 Å². The summed E-state index contributed by atoms with van der Waals surface area (Å²) in [5.74, 6) is 0.143. The number of aromatic nitrogens is 1.